The van der Waals surface area contributed by atoms with Gasteiger partial charge in [0.25, 0.3) is 0 Å². The van der Waals surface area contributed by atoms with Gasteiger partial charge in [0.2, 0.25) is 5.91 Å². The lowest BCUT2D eigenvalue weighted by atomic mass is 10.00. The van der Waals surface area contributed by atoms with Crippen molar-refractivity contribution in [3.63, 3.8) is 0 Å². The molecule has 0 bridgehead atoms. The highest BCUT2D eigenvalue weighted by molar-refractivity contribution is 7.80. The Morgan fingerprint density at radius 2 is 1.93 bits per heavy atom. The van der Waals surface area contributed by atoms with Gasteiger partial charge in [-0.25, -0.2) is 0 Å². The number of hydrogen-bond acceptors (Lipinski definition) is 2. The average Bonchev–Trinajstić information content (AvgIpc) is 2.18. The van der Waals surface area contributed by atoms with Gasteiger partial charge in [0.05, 0.1) is 0 Å². The topological polar surface area (TPSA) is 32.3 Å². The molecule has 1 rings (SSSR count). The molecular formula is C11H20N2OS. The van der Waals surface area contributed by atoms with Crippen LogP contribution in [0.5, 0.6) is 0 Å². The smallest absolute Gasteiger partial charge is 0.228 e. The van der Waals surface area contributed by atoms with Gasteiger partial charge < -0.3 is 10.2 Å². The van der Waals surface area contributed by atoms with E-state index in [1.807, 2.05) is 13.8 Å². The predicted molar refractivity (Wildman–Crippen MR) is 65.5 cm³/mol. The molecule has 1 aliphatic rings. The molecule has 0 aliphatic carbocycles. The molecule has 0 saturated carbocycles. The van der Waals surface area contributed by atoms with Gasteiger partial charge in [-0.15, -0.1) is 0 Å². The van der Waals surface area contributed by atoms with Crippen LogP contribution in [0.15, 0.2) is 0 Å². The molecular weight excluding hydrogens is 208 g/mol. The zero-order chi connectivity index (χ0) is 11.4. The maximum Gasteiger partial charge on any atom is 0.228 e. The van der Waals surface area contributed by atoms with Gasteiger partial charge in [-0.1, -0.05) is 20.8 Å². The van der Waals surface area contributed by atoms with E-state index in [1.165, 1.54) is 0 Å². The van der Waals surface area contributed by atoms with E-state index in [-0.39, 0.29) is 11.8 Å². The fraction of sp³-hybridized carbons (Fsp3) is 0.818. The van der Waals surface area contributed by atoms with Gasteiger partial charge in [0, 0.05) is 19.0 Å². The third-order valence-electron chi connectivity index (χ3n) is 2.83. The van der Waals surface area contributed by atoms with E-state index in [0.717, 1.165) is 31.8 Å². The van der Waals surface area contributed by atoms with Crippen molar-refractivity contribution in [2.75, 3.05) is 13.1 Å². The summed E-state index contributed by atoms with van der Waals surface area (Å²) in [4.78, 5) is 13.5. The maximum absolute atomic E-state index is 11.4. The van der Waals surface area contributed by atoms with Gasteiger partial charge in [0.15, 0.2) is 5.11 Å². The lowest BCUT2D eigenvalue weighted by molar-refractivity contribution is -0.122. The van der Waals surface area contributed by atoms with E-state index in [4.69, 9.17) is 12.2 Å². The van der Waals surface area contributed by atoms with Crippen molar-refractivity contribution < 1.29 is 4.79 Å². The Labute approximate surface area is 97.2 Å². The molecule has 1 amide bonds. The first-order valence-electron chi connectivity index (χ1n) is 5.60. The van der Waals surface area contributed by atoms with Gasteiger partial charge in [0.1, 0.15) is 0 Å². The van der Waals surface area contributed by atoms with Crippen LogP contribution in [-0.4, -0.2) is 29.0 Å². The highest BCUT2D eigenvalue weighted by Crippen LogP contribution is 2.15. The number of nitrogens with one attached hydrogen (secondary N) is 1. The molecule has 86 valence electrons. The minimum absolute atomic E-state index is 0.00772. The fourth-order valence-corrected chi connectivity index (χ4v) is 1.82. The standard InChI is InChI=1S/C11H20N2OS/c1-8(2)10(14)12-11(15)13-6-4-9(3)5-7-13/h8-9H,4-7H2,1-3H3,(H,12,14,15). The second-order valence-corrected chi connectivity index (χ2v) is 5.01. The van der Waals surface area contributed by atoms with Crippen LogP contribution in [-0.2, 0) is 4.79 Å². The van der Waals surface area contributed by atoms with Crippen LogP contribution in [0.3, 0.4) is 0 Å². The van der Waals surface area contributed by atoms with E-state index < -0.39 is 0 Å². The normalized spacial score (nSPS) is 18.0. The first kappa shape index (κ1) is 12.4. The SMILES string of the molecule is CC1CCN(C(=S)NC(=O)C(C)C)CC1. The quantitative estimate of drug-likeness (QED) is 0.694. The minimum Gasteiger partial charge on any atom is -0.349 e. The lowest BCUT2D eigenvalue weighted by Gasteiger charge is -2.32. The molecule has 1 heterocycles. The number of carbonyl (C=O) groups excluding carboxylic acids is 1. The maximum atomic E-state index is 11.4. The Hall–Kier alpha value is -0.640. The van der Waals surface area contributed by atoms with Crippen LogP contribution < -0.4 is 5.32 Å². The number of thiocarbonyl (C=S) groups is 1. The predicted octanol–water partition coefficient (Wildman–Crippen LogP) is 1.78. The summed E-state index contributed by atoms with van der Waals surface area (Å²) >= 11 is 5.20. The highest BCUT2D eigenvalue weighted by atomic mass is 32.1. The van der Waals surface area contributed by atoms with Gasteiger partial charge in [-0.2, -0.15) is 0 Å². The van der Waals surface area contributed by atoms with E-state index in [0.29, 0.717) is 5.11 Å². The van der Waals surface area contributed by atoms with Crippen molar-refractivity contribution in [1.29, 1.82) is 0 Å². The Morgan fingerprint density at radius 3 is 2.40 bits per heavy atom. The van der Waals surface area contributed by atoms with Crippen molar-refractivity contribution in [3.8, 4) is 0 Å². The number of amides is 1. The number of likely N-dealkylation sites (tertiary alicyclic amines) is 1. The summed E-state index contributed by atoms with van der Waals surface area (Å²) in [5.74, 6) is 0.787. The second kappa shape index (κ2) is 5.45. The number of piperidine rings is 1. The number of rotatable bonds is 1. The molecule has 1 saturated heterocycles. The zero-order valence-electron chi connectivity index (χ0n) is 9.75. The van der Waals surface area contributed by atoms with Crippen molar-refractivity contribution >= 4 is 23.2 Å². The van der Waals surface area contributed by atoms with E-state index >= 15 is 0 Å². The van der Waals surface area contributed by atoms with Crippen molar-refractivity contribution in [2.45, 2.75) is 33.6 Å². The number of nitrogens with zero attached hydrogens (tertiary/aromatic N) is 1. The average molecular weight is 228 g/mol. The monoisotopic (exact) mass is 228 g/mol. The molecule has 0 unspecified atom stereocenters. The summed E-state index contributed by atoms with van der Waals surface area (Å²) in [6.45, 7) is 7.94. The summed E-state index contributed by atoms with van der Waals surface area (Å²) in [5, 5.41) is 3.38. The number of carbonyl (C=O) groups is 1. The molecule has 0 aromatic heterocycles. The van der Waals surface area contributed by atoms with Crippen molar-refractivity contribution in [2.24, 2.45) is 11.8 Å². The van der Waals surface area contributed by atoms with Gasteiger partial charge in [-0.3, -0.25) is 4.79 Å². The molecule has 4 heteroatoms. The fourth-order valence-electron chi connectivity index (χ4n) is 1.54. The number of hydrogen-bond donors (Lipinski definition) is 1. The van der Waals surface area contributed by atoms with Crippen molar-refractivity contribution in [3.05, 3.63) is 0 Å². The van der Waals surface area contributed by atoms with Crippen LogP contribution in [0, 0.1) is 11.8 Å². The van der Waals surface area contributed by atoms with Crippen LogP contribution in [0.4, 0.5) is 0 Å². The molecule has 0 radical (unpaired) electrons. The van der Waals surface area contributed by atoms with Crippen LogP contribution >= 0.6 is 12.2 Å². The lowest BCUT2D eigenvalue weighted by Crippen LogP contribution is -2.47. The van der Waals surface area contributed by atoms with Gasteiger partial charge in [-0.05, 0) is 31.0 Å². The second-order valence-electron chi connectivity index (χ2n) is 4.62. The third kappa shape index (κ3) is 3.78. The van der Waals surface area contributed by atoms with Gasteiger partial charge >= 0.3 is 0 Å². The molecule has 1 N–H and O–H groups in total. The highest BCUT2D eigenvalue weighted by Gasteiger charge is 2.19. The summed E-state index contributed by atoms with van der Waals surface area (Å²) in [5.41, 5.74) is 0. The Morgan fingerprint density at radius 1 is 1.40 bits per heavy atom. The van der Waals surface area contributed by atoms with Crippen LogP contribution in [0.25, 0.3) is 0 Å². The molecule has 0 spiro atoms. The molecule has 15 heavy (non-hydrogen) atoms. The molecule has 1 aliphatic heterocycles. The van der Waals surface area contributed by atoms with E-state index in [1.54, 1.807) is 0 Å². The van der Waals surface area contributed by atoms with Crippen molar-refractivity contribution in [1.82, 2.24) is 10.2 Å². The molecule has 0 aromatic carbocycles. The van der Waals surface area contributed by atoms with Crippen LogP contribution in [0.1, 0.15) is 33.6 Å². The summed E-state index contributed by atoms with van der Waals surface area (Å²) in [7, 11) is 0. The molecule has 3 nitrogen and oxygen atoms in total. The molecule has 1 fully saturated rings. The third-order valence-corrected chi connectivity index (χ3v) is 3.19. The Kier molecular flexibility index (Phi) is 4.51. The molecule has 0 atom stereocenters. The summed E-state index contributed by atoms with van der Waals surface area (Å²) in [6.07, 6.45) is 2.33. The molecule has 0 aromatic rings. The zero-order valence-corrected chi connectivity index (χ0v) is 10.6. The largest absolute Gasteiger partial charge is 0.349 e. The first-order chi connectivity index (χ1) is 7.00. The summed E-state index contributed by atoms with van der Waals surface area (Å²) in [6, 6.07) is 0. The van der Waals surface area contributed by atoms with E-state index in [2.05, 4.69) is 17.1 Å². The van der Waals surface area contributed by atoms with Crippen LogP contribution in [0.2, 0.25) is 0 Å². The first-order valence-corrected chi connectivity index (χ1v) is 6.01. The Bertz CT molecular complexity index is 245. The van der Waals surface area contributed by atoms with E-state index in [9.17, 15) is 4.79 Å². The minimum atomic E-state index is -0.00772. The Balaban J connectivity index is 2.37. The summed E-state index contributed by atoms with van der Waals surface area (Å²) < 4.78 is 0.